The summed E-state index contributed by atoms with van der Waals surface area (Å²) in [5.74, 6) is 0.894. The second kappa shape index (κ2) is 13.6. The molecule has 3 aromatic carbocycles. The van der Waals surface area contributed by atoms with Crippen LogP contribution in [0.2, 0.25) is 0 Å². The highest BCUT2D eigenvalue weighted by atomic mass is 16.5. The van der Waals surface area contributed by atoms with E-state index in [0.717, 1.165) is 27.6 Å². The van der Waals surface area contributed by atoms with Gasteiger partial charge in [0, 0.05) is 36.6 Å². The maximum absolute atomic E-state index is 13.9. The maximum atomic E-state index is 13.9. The minimum Gasteiger partial charge on any atom is -0.493 e. The minimum absolute atomic E-state index is 0.0950. The molecule has 3 N–H and O–H groups in total. The number of benzene rings is 2. The summed E-state index contributed by atoms with van der Waals surface area (Å²) in [5.41, 5.74) is 4.74. The molecule has 0 spiro atoms. The minimum atomic E-state index is -0.698. The topological polar surface area (TPSA) is 120 Å². The number of carbonyl (C=O) groups excluding carboxylic acids is 2. The average Bonchev–Trinajstić information content (AvgIpc) is 3.27. The van der Waals surface area contributed by atoms with E-state index in [9.17, 15) is 14.4 Å². The molecule has 0 unspecified atom stereocenters. The van der Waals surface area contributed by atoms with E-state index < -0.39 is 12.1 Å². The Kier molecular flexibility index (Phi) is 9.55. The van der Waals surface area contributed by atoms with E-state index in [0.29, 0.717) is 47.8 Å². The third-order valence-electron chi connectivity index (χ3n) is 8.91. The number of aromatic nitrogens is 1. The molecule has 1 aliphatic rings. The van der Waals surface area contributed by atoms with Gasteiger partial charge in [0.25, 0.3) is 0 Å². The van der Waals surface area contributed by atoms with Gasteiger partial charge in [0.15, 0.2) is 11.5 Å². The first kappa shape index (κ1) is 32.4. The molecule has 2 amide bonds. The molecule has 0 radical (unpaired) electrons. The second-order valence-corrected chi connectivity index (χ2v) is 11.8. The van der Waals surface area contributed by atoms with Gasteiger partial charge in [-0.05, 0) is 71.8 Å². The average molecular weight is 627 g/mol. The number of nitrogens with zero attached hydrogens (tertiary/aromatic N) is 1. The highest BCUT2D eigenvalue weighted by Crippen LogP contribution is 2.50. The summed E-state index contributed by atoms with van der Waals surface area (Å²) < 4.78 is 19.2. The van der Waals surface area contributed by atoms with Crippen molar-refractivity contribution in [2.75, 3.05) is 32.0 Å². The molecule has 0 bridgehead atoms. The van der Waals surface area contributed by atoms with Crippen LogP contribution in [0.25, 0.3) is 22.0 Å². The molecule has 0 aliphatic heterocycles. The van der Waals surface area contributed by atoms with Crippen LogP contribution in [0.15, 0.2) is 59.5 Å². The third kappa shape index (κ3) is 6.11. The number of methoxy groups -OCH3 is 3. The van der Waals surface area contributed by atoms with E-state index >= 15 is 0 Å². The Labute approximate surface area is 269 Å². The quantitative estimate of drug-likeness (QED) is 0.203. The standard InChI is InChI=1S/C36H42N4O6/c1-8-20(2)33(36(43)39-26-10-9-11-29-24(26)16-17-40(29)4)38-28-15-13-23-25(19-30(28)42)27(37-21(3)41)14-12-22-18-31(44-5)34(45-6)35(46-7)32(22)23/h9-11,13,15-20,27,33H,8,12,14H2,1-7H3,(H,37,41)(H,38,42)(H,39,43)/t20-,27-,33-/m0/s1. The first-order valence-corrected chi connectivity index (χ1v) is 15.5. The first-order chi connectivity index (χ1) is 22.1. The van der Waals surface area contributed by atoms with Crippen LogP contribution in [0.5, 0.6) is 17.2 Å². The zero-order valence-corrected chi connectivity index (χ0v) is 27.4. The van der Waals surface area contributed by atoms with Crippen molar-refractivity contribution in [1.82, 2.24) is 9.88 Å². The number of amides is 2. The number of aryl methyl sites for hydroxylation is 2. The largest absolute Gasteiger partial charge is 0.493 e. The van der Waals surface area contributed by atoms with Gasteiger partial charge in [-0.1, -0.05) is 32.4 Å². The zero-order valence-electron chi connectivity index (χ0n) is 27.4. The third-order valence-corrected chi connectivity index (χ3v) is 8.91. The molecule has 1 aliphatic carbocycles. The number of hydrogen-bond acceptors (Lipinski definition) is 7. The van der Waals surface area contributed by atoms with Crippen LogP contribution in [0.4, 0.5) is 11.4 Å². The highest BCUT2D eigenvalue weighted by molar-refractivity contribution is 6.04. The van der Waals surface area contributed by atoms with Crippen molar-refractivity contribution >= 4 is 34.1 Å². The fourth-order valence-corrected chi connectivity index (χ4v) is 6.32. The van der Waals surface area contributed by atoms with E-state index in [2.05, 4.69) is 16.0 Å². The molecule has 0 saturated heterocycles. The molecular weight excluding hydrogens is 584 g/mol. The number of ether oxygens (including phenoxy) is 3. The predicted molar refractivity (Wildman–Crippen MR) is 181 cm³/mol. The monoisotopic (exact) mass is 626 g/mol. The van der Waals surface area contributed by atoms with Crippen LogP contribution in [-0.2, 0) is 23.1 Å². The lowest BCUT2D eigenvalue weighted by atomic mass is 9.95. The van der Waals surface area contributed by atoms with Gasteiger partial charge in [-0.25, -0.2) is 0 Å². The summed E-state index contributed by atoms with van der Waals surface area (Å²) in [4.78, 5) is 40.1. The molecule has 10 heteroatoms. The molecule has 1 aromatic heterocycles. The highest BCUT2D eigenvalue weighted by Gasteiger charge is 2.30. The second-order valence-electron chi connectivity index (χ2n) is 11.8. The summed E-state index contributed by atoms with van der Waals surface area (Å²) in [7, 11) is 6.64. The maximum Gasteiger partial charge on any atom is 0.247 e. The Bertz CT molecular complexity index is 1850. The van der Waals surface area contributed by atoms with Gasteiger partial charge in [-0.2, -0.15) is 0 Å². The van der Waals surface area contributed by atoms with Crippen molar-refractivity contribution in [3.05, 3.63) is 76.1 Å². The first-order valence-electron chi connectivity index (χ1n) is 15.5. The number of hydrogen-bond donors (Lipinski definition) is 3. The summed E-state index contributed by atoms with van der Waals surface area (Å²) in [6.45, 7) is 5.46. The molecule has 10 nitrogen and oxygen atoms in total. The molecule has 5 rings (SSSR count). The van der Waals surface area contributed by atoms with E-state index in [1.54, 1.807) is 33.5 Å². The summed E-state index contributed by atoms with van der Waals surface area (Å²) >= 11 is 0. The van der Waals surface area contributed by atoms with Crippen molar-refractivity contribution in [2.24, 2.45) is 13.0 Å². The van der Waals surface area contributed by atoms with Crippen LogP contribution in [-0.4, -0.2) is 43.8 Å². The molecular formula is C36H42N4O6. The van der Waals surface area contributed by atoms with Crippen LogP contribution in [0.3, 0.4) is 0 Å². The van der Waals surface area contributed by atoms with Crippen molar-refractivity contribution in [1.29, 1.82) is 0 Å². The smallest absolute Gasteiger partial charge is 0.247 e. The normalized spacial score (nSPS) is 15.1. The molecule has 0 fully saturated rings. The van der Waals surface area contributed by atoms with Crippen molar-refractivity contribution in [3.63, 3.8) is 0 Å². The van der Waals surface area contributed by atoms with Crippen molar-refractivity contribution in [3.8, 4) is 28.4 Å². The van der Waals surface area contributed by atoms with Crippen LogP contribution < -0.4 is 35.6 Å². The van der Waals surface area contributed by atoms with Crippen molar-refractivity contribution < 1.29 is 23.8 Å². The van der Waals surface area contributed by atoms with Crippen LogP contribution in [0.1, 0.15) is 50.8 Å². The summed E-state index contributed by atoms with van der Waals surface area (Å²) in [6, 6.07) is 13.6. The van der Waals surface area contributed by atoms with Crippen LogP contribution >= 0.6 is 0 Å². The fourth-order valence-electron chi connectivity index (χ4n) is 6.32. The van der Waals surface area contributed by atoms with Gasteiger partial charge in [0.1, 0.15) is 6.04 Å². The Morgan fingerprint density at radius 1 is 1.00 bits per heavy atom. The van der Waals surface area contributed by atoms with Crippen LogP contribution in [0, 0.1) is 5.92 Å². The molecule has 1 heterocycles. The van der Waals surface area contributed by atoms with Gasteiger partial charge in [0.05, 0.1) is 38.7 Å². The molecule has 3 atom stereocenters. The van der Waals surface area contributed by atoms with Gasteiger partial charge in [0.2, 0.25) is 23.0 Å². The van der Waals surface area contributed by atoms with Gasteiger partial charge < -0.3 is 34.7 Å². The Morgan fingerprint density at radius 2 is 1.76 bits per heavy atom. The SMILES string of the molecule is CC[C@H](C)[C@H](Nc1ccc2c(cc1=O)[C@@H](NC(C)=O)CCc1cc(OC)c(OC)c(OC)c1-2)C(=O)Nc1cccc2c1ccn2C. The lowest BCUT2D eigenvalue weighted by Gasteiger charge is -2.24. The van der Waals surface area contributed by atoms with Crippen molar-refractivity contribution in [2.45, 2.75) is 52.1 Å². The Balaban J connectivity index is 1.61. The lowest BCUT2D eigenvalue weighted by Crippen LogP contribution is -2.40. The van der Waals surface area contributed by atoms with E-state index in [-0.39, 0.29) is 28.8 Å². The number of fused-ring (bicyclic) bond motifs is 4. The van der Waals surface area contributed by atoms with Gasteiger partial charge >= 0.3 is 0 Å². The summed E-state index contributed by atoms with van der Waals surface area (Å²) in [5, 5.41) is 10.3. The van der Waals surface area contributed by atoms with E-state index in [1.807, 2.05) is 68.1 Å². The van der Waals surface area contributed by atoms with Gasteiger partial charge in [-0.3, -0.25) is 14.4 Å². The number of nitrogens with one attached hydrogen (secondary N) is 3. The molecule has 242 valence electrons. The van der Waals surface area contributed by atoms with E-state index in [4.69, 9.17) is 14.2 Å². The molecule has 46 heavy (non-hydrogen) atoms. The number of carbonyl (C=O) groups is 2. The van der Waals surface area contributed by atoms with Gasteiger partial charge in [-0.15, -0.1) is 0 Å². The summed E-state index contributed by atoms with van der Waals surface area (Å²) in [6.07, 6.45) is 3.81. The molecule has 0 saturated carbocycles. The lowest BCUT2D eigenvalue weighted by molar-refractivity contribution is -0.120. The number of rotatable bonds is 10. The van der Waals surface area contributed by atoms with E-state index in [1.165, 1.54) is 6.92 Å². The Hall–Kier alpha value is -4.99. The fraction of sp³-hybridized carbons (Fsp3) is 0.361. The number of anilines is 2. The zero-order chi connectivity index (χ0) is 33.1. The Morgan fingerprint density at radius 3 is 2.43 bits per heavy atom. The predicted octanol–water partition coefficient (Wildman–Crippen LogP) is 5.82. The molecule has 4 aromatic rings.